The van der Waals surface area contributed by atoms with E-state index in [-0.39, 0.29) is 11.3 Å². The Hall–Kier alpha value is -3.19. The van der Waals surface area contributed by atoms with Crippen LogP contribution in [0.4, 0.5) is 0 Å². The van der Waals surface area contributed by atoms with Crippen molar-refractivity contribution >= 4 is 17.4 Å². The molecule has 0 radical (unpaired) electrons. The minimum absolute atomic E-state index is 0.0587. The number of rotatable bonds is 8. The van der Waals surface area contributed by atoms with E-state index in [2.05, 4.69) is 23.7 Å². The summed E-state index contributed by atoms with van der Waals surface area (Å²) in [5, 5.41) is 11.0. The molecule has 2 heterocycles. The normalized spacial score (nSPS) is 18.3. The van der Waals surface area contributed by atoms with Crippen molar-refractivity contribution in [3.8, 4) is 5.75 Å². The number of aliphatic hydroxyl groups excluding tert-OH is 1. The van der Waals surface area contributed by atoms with E-state index >= 15 is 0 Å². The third kappa shape index (κ3) is 4.21. The molecule has 0 saturated carbocycles. The first-order chi connectivity index (χ1) is 14.5. The van der Waals surface area contributed by atoms with Gasteiger partial charge in [-0.2, -0.15) is 0 Å². The molecule has 1 atom stereocenters. The average Bonchev–Trinajstić information content (AvgIpc) is 3.05. The Labute approximate surface area is 176 Å². The molecular weight excluding hydrogens is 382 g/mol. The third-order valence-corrected chi connectivity index (χ3v) is 5.42. The van der Waals surface area contributed by atoms with Gasteiger partial charge >= 0.3 is 0 Å². The summed E-state index contributed by atoms with van der Waals surface area (Å²) in [6.07, 6.45) is 1.62. The molecule has 0 aliphatic carbocycles. The number of carbonyl (C=O) groups is 2. The highest BCUT2D eigenvalue weighted by molar-refractivity contribution is 6.46. The van der Waals surface area contributed by atoms with Crippen LogP contribution >= 0.6 is 0 Å². The molecule has 7 nitrogen and oxygen atoms in total. The number of carbonyl (C=O) groups excluding carboxylic acids is 2. The zero-order valence-corrected chi connectivity index (χ0v) is 17.5. The SMILES string of the molecule is CCN(CC)CCN1C(=O)C(=O)C(=C(O)c2ccc(OC)cc2)[C@H]1c1ccccn1. The zero-order chi connectivity index (χ0) is 21.7. The molecule has 1 fully saturated rings. The van der Waals surface area contributed by atoms with Crippen LogP contribution in [0.2, 0.25) is 0 Å². The summed E-state index contributed by atoms with van der Waals surface area (Å²) in [5.41, 5.74) is 1.05. The molecule has 0 unspecified atom stereocenters. The quantitative estimate of drug-likeness (QED) is 0.410. The molecule has 2 aromatic rings. The summed E-state index contributed by atoms with van der Waals surface area (Å²) in [4.78, 5) is 33.9. The summed E-state index contributed by atoms with van der Waals surface area (Å²) in [7, 11) is 1.55. The Balaban J connectivity index is 2.05. The summed E-state index contributed by atoms with van der Waals surface area (Å²) in [6, 6.07) is 11.3. The van der Waals surface area contributed by atoms with Gasteiger partial charge in [-0.1, -0.05) is 19.9 Å². The van der Waals surface area contributed by atoms with Gasteiger partial charge in [0.25, 0.3) is 11.7 Å². The fourth-order valence-electron chi connectivity index (χ4n) is 3.65. The van der Waals surface area contributed by atoms with Gasteiger partial charge in [-0.25, -0.2) is 0 Å². The molecule has 0 spiro atoms. The van der Waals surface area contributed by atoms with Crippen LogP contribution in [0.25, 0.3) is 5.76 Å². The first-order valence-corrected chi connectivity index (χ1v) is 10.1. The highest BCUT2D eigenvalue weighted by atomic mass is 16.5. The maximum atomic E-state index is 12.9. The second-order valence-electron chi connectivity index (χ2n) is 7.00. The first kappa shape index (κ1) is 21.5. The van der Waals surface area contributed by atoms with E-state index < -0.39 is 17.7 Å². The number of ether oxygens (including phenoxy) is 1. The molecule has 0 bridgehead atoms. The Kier molecular flexibility index (Phi) is 6.84. The number of nitrogens with zero attached hydrogens (tertiary/aromatic N) is 3. The minimum atomic E-state index is -0.733. The number of methoxy groups -OCH3 is 1. The first-order valence-electron chi connectivity index (χ1n) is 10.1. The van der Waals surface area contributed by atoms with Crippen LogP contribution in [0, 0.1) is 0 Å². The lowest BCUT2D eigenvalue weighted by atomic mass is 9.98. The van der Waals surface area contributed by atoms with Crippen LogP contribution < -0.4 is 4.74 Å². The minimum Gasteiger partial charge on any atom is -0.507 e. The highest BCUT2D eigenvalue weighted by Gasteiger charge is 2.46. The standard InChI is InChI=1S/C23H27N3O4/c1-4-25(5-2)14-15-26-20(18-8-6-7-13-24-18)19(22(28)23(26)29)21(27)16-9-11-17(30-3)12-10-16/h6-13,20,27H,4-5,14-15H2,1-3H3/t20-/m1/s1. The van der Waals surface area contributed by atoms with Crippen molar-refractivity contribution in [1.29, 1.82) is 0 Å². The molecule has 158 valence electrons. The smallest absolute Gasteiger partial charge is 0.295 e. The third-order valence-electron chi connectivity index (χ3n) is 5.42. The fraction of sp³-hybridized carbons (Fsp3) is 0.348. The number of Topliss-reactive ketones (excluding diaryl/α,β-unsaturated/α-hetero) is 1. The molecule has 7 heteroatoms. The Morgan fingerprint density at radius 1 is 1.13 bits per heavy atom. The lowest BCUT2D eigenvalue weighted by Crippen LogP contribution is -2.38. The summed E-state index contributed by atoms with van der Waals surface area (Å²) in [6.45, 7) is 6.80. The van der Waals surface area contributed by atoms with Crippen molar-refractivity contribution in [2.75, 3.05) is 33.3 Å². The van der Waals surface area contributed by atoms with Crippen molar-refractivity contribution in [2.45, 2.75) is 19.9 Å². The molecule has 1 saturated heterocycles. The number of hydrogen-bond acceptors (Lipinski definition) is 6. The number of amides is 1. The molecule has 1 N–H and O–H groups in total. The number of likely N-dealkylation sites (tertiary alicyclic amines) is 1. The lowest BCUT2D eigenvalue weighted by Gasteiger charge is -2.27. The zero-order valence-electron chi connectivity index (χ0n) is 17.5. The highest BCUT2D eigenvalue weighted by Crippen LogP contribution is 2.38. The van der Waals surface area contributed by atoms with E-state index in [1.807, 2.05) is 0 Å². The van der Waals surface area contributed by atoms with Crippen molar-refractivity contribution in [3.63, 3.8) is 0 Å². The lowest BCUT2D eigenvalue weighted by molar-refractivity contribution is -0.140. The van der Waals surface area contributed by atoms with Gasteiger partial charge in [-0.3, -0.25) is 14.6 Å². The molecule has 1 aliphatic heterocycles. The van der Waals surface area contributed by atoms with Crippen molar-refractivity contribution in [1.82, 2.24) is 14.8 Å². The van der Waals surface area contributed by atoms with Crippen LogP contribution in [0.15, 0.2) is 54.2 Å². The number of likely N-dealkylation sites (N-methyl/N-ethyl adjacent to an activating group) is 1. The van der Waals surface area contributed by atoms with Crippen LogP contribution in [-0.2, 0) is 9.59 Å². The second-order valence-corrected chi connectivity index (χ2v) is 7.00. The van der Waals surface area contributed by atoms with Crippen molar-refractivity contribution in [3.05, 3.63) is 65.5 Å². The van der Waals surface area contributed by atoms with E-state index in [9.17, 15) is 14.7 Å². The predicted octanol–water partition coefficient (Wildman–Crippen LogP) is 2.85. The number of aromatic nitrogens is 1. The maximum absolute atomic E-state index is 12.9. The average molecular weight is 409 g/mol. The van der Waals surface area contributed by atoms with Gasteiger partial charge in [-0.05, 0) is 49.5 Å². The van der Waals surface area contributed by atoms with Crippen molar-refractivity contribution < 1.29 is 19.4 Å². The Bertz CT molecular complexity index is 921. The van der Waals surface area contributed by atoms with E-state index in [4.69, 9.17) is 4.74 Å². The van der Waals surface area contributed by atoms with Crippen molar-refractivity contribution in [2.24, 2.45) is 0 Å². The summed E-state index contributed by atoms with van der Waals surface area (Å²) in [5.74, 6) is -0.893. The van der Waals surface area contributed by atoms with E-state index in [0.717, 1.165) is 13.1 Å². The number of aliphatic hydroxyl groups is 1. The number of hydrogen-bond donors (Lipinski definition) is 1. The monoisotopic (exact) mass is 409 g/mol. The van der Waals surface area contributed by atoms with Gasteiger partial charge in [-0.15, -0.1) is 0 Å². The summed E-state index contributed by atoms with van der Waals surface area (Å²) < 4.78 is 5.15. The number of benzene rings is 1. The molecule has 3 rings (SSSR count). The molecule has 1 aromatic heterocycles. The fourth-order valence-corrected chi connectivity index (χ4v) is 3.65. The number of pyridine rings is 1. The van der Waals surface area contributed by atoms with Gasteiger partial charge in [0, 0.05) is 24.8 Å². The molecule has 30 heavy (non-hydrogen) atoms. The van der Waals surface area contributed by atoms with Gasteiger partial charge in [0.05, 0.1) is 18.4 Å². The van der Waals surface area contributed by atoms with Crippen LogP contribution in [0.1, 0.15) is 31.1 Å². The van der Waals surface area contributed by atoms with Gasteiger partial charge < -0.3 is 19.6 Å². The van der Waals surface area contributed by atoms with E-state index in [0.29, 0.717) is 30.1 Å². The second kappa shape index (κ2) is 9.54. The van der Waals surface area contributed by atoms with Gasteiger partial charge in [0.1, 0.15) is 17.6 Å². The van der Waals surface area contributed by atoms with Crippen LogP contribution in [-0.4, -0.2) is 64.9 Å². The predicted molar refractivity (Wildman–Crippen MR) is 114 cm³/mol. The van der Waals surface area contributed by atoms with Gasteiger partial charge in [0.2, 0.25) is 0 Å². The summed E-state index contributed by atoms with van der Waals surface area (Å²) >= 11 is 0. The molecule has 1 aromatic carbocycles. The molecule has 1 aliphatic rings. The van der Waals surface area contributed by atoms with E-state index in [1.54, 1.807) is 55.8 Å². The topological polar surface area (TPSA) is 83.0 Å². The van der Waals surface area contributed by atoms with Crippen LogP contribution in [0.3, 0.4) is 0 Å². The van der Waals surface area contributed by atoms with Gasteiger partial charge in [0.15, 0.2) is 0 Å². The molecular formula is C23H27N3O4. The number of ketones is 1. The maximum Gasteiger partial charge on any atom is 0.295 e. The van der Waals surface area contributed by atoms with Crippen LogP contribution in [0.5, 0.6) is 5.75 Å². The van der Waals surface area contributed by atoms with E-state index in [1.165, 1.54) is 4.90 Å². The largest absolute Gasteiger partial charge is 0.507 e. The molecule has 1 amide bonds. The Morgan fingerprint density at radius 3 is 2.40 bits per heavy atom. The Morgan fingerprint density at radius 2 is 1.83 bits per heavy atom.